The van der Waals surface area contributed by atoms with Crippen LogP contribution < -0.4 is 0 Å². The standard InChI is InChI=1S/C66H108O6/c1-4-7-10-13-16-19-22-25-28-30-32-33-34-36-38-41-44-47-50-53-56-59-65(68)71-62-63(61-70-64(67)58-55-52-49-46-43-40-37-27-24-21-18-15-12-9-6-3)72-66(69)60-57-54-51-48-45-42-39-35-31-29-26-23-20-17-14-11-8-5-2/h9,12,18,20-23,25,27,29-32,34,36-37,43,46,52,55,63H,4-8,10-11,13-17,19,24,26,28,33,35,38-42,44-45,47-51,53-54,56-62H2,1-3H3/b12-9-,21-18-,23-20-,25-22-,31-29-,32-30-,36-34-,37-27-,46-43-,55-52-. The summed E-state index contributed by atoms with van der Waals surface area (Å²) in [6.07, 6.45) is 82.1. The van der Waals surface area contributed by atoms with Gasteiger partial charge in [0, 0.05) is 12.8 Å². The number of ether oxygens (including phenoxy) is 3. The highest BCUT2D eigenvalue weighted by atomic mass is 16.6. The molecule has 0 amide bonds. The van der Waals surface area contributed by atoms with Crippen molar-refractivity contribution in [3.8, 4) is 0 Å². The number of hydrogen-bond acceptors (Lipinski definition) is 6. The Bertz CT molecular complexity index is 1520. The van der Waals surface area contributed by atoms with Crippen LogP contribution >= 0.6 is 0 Å². The average molecular weight is 998 g/mol. The number of carbonyl (C=O) groups is 3. The van der Waals surface area contributed by atoms with Gasteiger partial charge in [-0.3, -0.25) is 14.4 Å². The second-order valence-electron chi connectivity index (χ2n) is 19.2. The Balaban J connectivity index is 4.52. The fourth-order valence-electron chi connectivity index (χ4n) is 7.79. The first-order chi connectivity index (χ1) is 35.5. The lowest BCUT2D eigenvalue weighted by Gasteiger charge is -2.18. The zero-order valence-corrected chi connectivity index (χ0v) is 46.7. The molecule has 0 saturated heterocycles. The Kier molecular flexibility index (Phi) is 55.9. The van der Waals surface area contributed by atoms with Gasteiger partial charge in [0.1, 0.15) is 13.2 Å². The van der Waals surface area contributed by atoms with E-state index in [1.807, 2.05) is 6.08 Å². The van der Waals surface area contributed by atoms with Crippen molar-refractivity contribution in [1.82, 2.24) is 0 Å². The van der Waals surface area contributed by atoms with E-state index in [-0.39, 0.29) is 31.6 Å². The summed E-state index contributed by atoms with van der Waals surface area (Å²) in [4.78, 5) is 38.1. The normalized spacial score (nSPS) is 13.0. The number of carbonyl (C=O) groups excluding carboxylic acids is 3. The molecule has 0 radical (unpaired) electrons. The van der Waals surface area contributed by atoms with Crippen LogP contribution in [-0.4, -0.2) is 37.2 Å². The van der Waals surface area contributed by atoms with E-state index < -0.39 is 12.1 Å². The molecule has 6 nitrogen and oxygen atoms in total. The summed E-state index contributed by atoms with van der Waals surface area (Å²) in [5.41, 5.74) is 0. The van der Waals surface area contributed by atoms with Crippen molar-refractivity contribution < 1.29 is 28.6 Å². The van der Waals surface area contributed by atoms with Crippen molar-refractivity contribution in [3.63, 3.8) is 0 Å². The molecule has 6 heteroatoms. The molecule has 0 rings (SSSR count). The monoisotopic (exact) mass is 997 g/mol. The van der Waals surface area contributed by atoms with Gasteiger partial charge in [0.2, 0.25) is 0 Å². The fourth-order valence-corrected chi connectivity index (χ4v) is 7.79. The van der Waals surface area contributed by atoms with Gasteiger partial charge in [-0.1, -0.05) is 245 Å². The maximum atomic E-state index is 12.9. The molecule has 0 bridgehead atoms. The molecular weight excluding hydrogens is 889 g/mol. The molecular formula is C66H108O6. The van der Waals surface area contributed by atoms with Crippen LogP contribution in [0, 0.1) is 0 Å². The van der Waals surface area contributed by atoms with Gasteiger partial charge in [-0.25, -0.2) is 0 Å². The highest BCUT2D eigenvalue weighted by Crippen LogP contribution is 2.14. The number of unbranched alkanes of at least 4 members (excludes halogenated alkanes) is 22. The topological polar surface area (TPSA) is 78.9 Å². The summed E-state index contributed by atoms with van der Waals surface area (Å²) in [6, 6.07) is 0. The molecule has 1 unspecified atom stereocenters. The predicted molar refractivity (Wildman–Crippen MR) is 311 cm³/mol. The third-order valence-electron chi connectivity index (χ3n) is 12.2. The minimum Gasteiger partial charge on any atom is -0.462 e. The SMILES string of the molecule is CC/C=C\C/C=C\C/C=C\C/C=C\C/C=C\CC(=O)OCC(COC(=O)CCCCCCCC/C=C\C/C=C\C/C=C\CCCCCCC)OC(=O)CCCCCCCCC/C=C\C/C=C\CCCCCC. The Hall–Kier alpha value is -4.19. The Labute approximate surface area is 443 Å². The smallest absolute Gasteiger partial charge is 0.309 e. The van der Waals surface area contributed by atoms with E-state index in [4.69, 9.17) is 14.2 Å². The van der Waals surface area contributed by atoms with E-state index in [1.54, 1.807) is 6.08 Å². The third kappa shape index (κ3) is 56.7. The summed E-state index contributed by atoms with van der Waals surface area (Å²) in [6.45, 7) is 6.39. The van der Waals surface area contributed by atoms with Crippen LogP contribution in [0.5, 0.6) is 0 Å². The number of rotatable bonds is 52. The Morgan fingerprint density at radius 1 is 0.306 bits per heavy atom. The van der Waals surface area contributed by atoms with E-state index in [0.717, 1.165) is 109 Å². The van der Waals surface area contributed by atoms with E-state index in [0.29, 0.717) is 12.8 Å². The molecule has 0 N–H and O–H groups in total. The Morgan fingerprint density at radius 2 is 0.597 bits per heavy atom. The number of esters is 3. The highest BCUT2D eigenvalue weighted by molar-refractivity contribution is 5.72. The van der Waals surface area contributed by atoms with Crippen molar-refractivity contribution in [1.29, 1.82) is 0 Å². The second kappa shape index (κ2) is 59.4. The van der Waals surface area contributed by atoms with Crippen LogP contribution in [0.3, 0.4) is 0 Å². The maximum Gasteiger partial charge on any atom is 0.309 e. The minimum absolute atomic E-state index is 0.119. The third-order valence-corrected chi connectivity index (χ3v) is 12.2. The van der Waals surface area contributed by atoms with E-state index >= 15 is 0 Å². The van der Waals surface area contributed by atoms with Gasteiger partial charge >= 0.3 is 17.9 Å². The lowest BCUT2D eigenvalue weighted by atomic mass is 10.1. The summed E-state index contributed by atoms with van der Waals surface area (Å²) < 4.78 is 16.8. The van der Waals surface area contributed by atoms with Crippen LogP contribution in [0.2, 0.25) is 0 Å². The molecule has 408 valence electrons. The molecule has 0 aromatic carbocycles. The van der Waals surface area contributed by atoms with E-state index in [9.17, 15) is 14.4 Å². The molecule has 0 aromatic rings. The molecule has 0 saturated carbocycles. The largest absolute Gasteiger partial charge is 0.462 e. The maximum absolute atomic E-state index is 12.9. The van der Waals surface area contributed by atoms with Gasteiger partial charge in [-0.2, -0.15) is 0 Å². The Morgan fingerprint density at radius 3 is 0.986 bits per heavy atom. The van der Waals surface area contributed by atoms with Crippen molar-refractivity contribution in [2.75, 3.05) is 13.2 Å². The van der Waals surface area contributed by atoms with Crippen molar-refractivity contribution in [3.05, 3.63) is 122 Å². The summed E-state index contributed by atoms with van der Waals surface area (Å²) in [5.74, 6) is -1.07. The molecule has 0 aliphatic heterocycles. The van der Waals surface area contributed by atoms with Crippen molar-refractivity contribution >= 4 is 17.9 Å². The summed E-state index contributed by atoms with van der Waals surface area (Å²) >= 11 is 0. The van der Waals surface area contributed by atoms with Crippen LogP contribution in [0.1, 0.15) is 258 Å². The van der Waals surface area contributed by atoms with Gasteiger partial charge in [0.15, 0.2) is 6.10 Å². The zero-order valence-electron chi connectivity index (χ0n) is 46.7. The summed E-state index contributed by atoms with van der Waals surface area (Å²) in [7, 11) is 0. The van der Waals surface area contributed by atoms with Crippen LogP contribution in [0.4, 0.5) is 0 Å². The van der Waals surface area contributed by atoms with Gasteiger partial charge in [-0.15, -0.1) is 0 Å². The molecule has 1 atom stereocenters. The molecule has 72 heavy (non-hydrogen) atoms. The van der Waals surface area contributed by atoms with Gasteiger partial charge in [0.05, 0.1) is 6.42 Å². The fraction of sp³-hybridized carbons (Fsp3) is 0.652. The molecule has 0 fully saturated rings. The average Bonchev–Trinajstić information content (AvgIpc) is 3.38. The number of allylic oxidation sites excluding steroid dienone is 19. The number of hydrogen-bond donors (Lipinski definition) is 0. The molecule has 0 spiro atoms. The summed E-state index contributed by atoms with van der Waals surface area (Å²) in [5, 5.41) is 0. The van der Waals surface area contributed by atoms with Crippen molar-refractivity contribution in [2.45, 2.75) is 264 Å². The highest BCUT2D eigenvalue weighted by Gasteiger charge is 2.19. The first kappa shape index (κ1) is 67.8. The first-order valence-electron chi connectivity index (χ1n) is 29.5. The van der Waals surface area contributed by atoms with E-state index in [2.05, 4.69) is 130 Å². The van der Waals surface area contributed by atoms with Gasteiger partial charge in [-0.05, 0) is 116 Å². The predicted octanol–water partition coefficient (Wildman–Crippen LogP) is 20.0. The molecule has 0 aliphatic rings. The quantitative estimate of drug-likeness (QED) is 0.0261. The lowest BCUT2D eigenvalue weighted by molar-refractivity contribution is -0.166. The molecule has 0 aromatic heterocycles. The van der Waals surface area contributed by atoms with Crippen molar-refractivity contribution in [2.24, 2.45) is 0 Å². The van der Waals surface area contributed by atoms with Crippen LogP contribution in [-0.2, 0) is 28.6 Å². The van der Waals surface area contributed by atoms with Crippen LogP contribution in [0.25, 0.3) is 0 Å². The van der Waals surface area contributed by atoms with Crippen LogP contribution in [0.15, 0.2) is 122 Å². The van der Waals surface area contributed by atoms with Gasteiger partial charge < -0.3 is 14.2 Å². The molecule has 0 aliphatic carbocycles. The van der Waals surface area contributed by atoms with E-state index in [1.165, 1.54) is 109 Å². The zero-order chi connectivity index (χ0) is 52.2. The lowest BCUT2D eigenvalue weighted by Crippen LogP contribution is -2.30. The molecule has 0 heterocycles. The first-order valence-corrected chi connectivity index (χ1v) is 29.5. The van der Waals surface area contributed by atoms with Gasteiger partial charge in [0.25, 0.3) is 0 Å². The second-order valence-corrected chi connectivity index (χ2v) is 19.2. The minimum atomic E-state index is -0.832.